The average molecular weight is 362 g/mol. The highest BCUT2D eigenvalue weighted by molar-refractivity contribution is 6.55. The molecule has 0 heterocycles. The topological polar surface area (TPSA) is 101 Å². The lowest BCUT2D eigenvalue weighted by atomic mass is 10.2. The van der Waals surface area contributed by atoms with Gasteiger partial charge in [0.1, 0.15) is 6.61 Å². The minimum absolute atomic E-state index is 0.111. The van der Waals surface area contributed by atoms with Crippen LogP contribution in [0.15, 0.2) is 35.9 Å². The molecule has 0 atom stereocenters. The quantitative estimate of drug-likeness (QED) is 0.428. The zero-order valence-electron chi connectivity index (χ0n) is 11.0. The number of hydrogen-bond donors (Lipinski definition) is 2. The number of ether oxygens (including phenoxy) is 1. The molecular formula is C12H15Cl3O6. The second-order valence-electron chi connectivity index (χ2n) is 2.88. The minimum Gasteiger partial charge on any atom is -0.481 e. The minimum atomic E-state index is -1.27. The fourth-order valence-corrected chi connectivity index (χ4v) is 0.533. The number of halogens is 3. The van der Waals surface area contributed by atoms with Crippen LogP contribution in [0.25, 0.3) is 0 Å². The van der Waals surface area contributed by atoms with Gasteiger partial charge >= 0.3 is 17.9 Å². The number of hydrogen-bond acceptors (Lipinski definition) is 4. The Morgan fingerprint density at radius 2 is 1.57 bits per heavy atom. The molecular weight excluding hydrogens is 346 g/mol. The number of esters is 1. The molecule has 9 heteroatoms. The Kier molecular flexibility index (Phi) is 19.3. The van der Waals surface area contributed by atoms with Gasteiger partial charge in [0.05, 0.1) is 16.8 Å². The molecule has 0 bridgehead atoms. The number of alkyl halides is 1. The molecule has 2 N–H and O–H groups in total. The van der Waals surface area contributed by atoms with Gasteiger partial charge in [-0.25, -0.2) is 9.59 Å². The monoisotopic (exact) mass is 360 g/mol. The van der Waals surface area contributed by atoms with Gasteiger partial charge in [-0.2, -0.15) is 0 Å². The molecule has 0 unspecified atom stereocenters. The Hall–Kier alpha value is -1.50. The van der Waals surface area contributed by atoms with Gasteiger partial charge in [-0.3, -0.25) is 4.79 Å². The van der Waals surface area contributed by atoms with Gasteiger partial charge < -0.3 is 14.9 Å². The first kappa shape index (κ1) is 24.5. The van der Waals surface area contributed by atoms with Gasteiger partial charge in [0, 0.05) is 11.6 Å². The van der Waals surface area contributed by atoms with Crippen LogP contribution in [-0.4, -0.2) is 40.6 Å². The summed E-state index contributed by atoms with van der Waals surface area (Å²) in [5, 5.41) is 16.1. The second kappa shape index (κ2) is 16.6. The molecule has 6 nitrogen and oxygen atoms in total. The Bertz CT molecular complexity index is 388. The lowest BCUT2D eigenvalue weighted by Crippen LogP contribution is -2.04. The van der Waals surface area contributed by atoms with Crippen molar-refractivity contribution >= 4 is 52.7 Å². The normalized spacial score (nSPS) is 7.95. The average Bonchev–Trinajstić information content (AvgIpc) is 2.35. The standard InChI is InChI=1S/C5H7ClO2.C5H6O4.C2H2Cl2/c1-2-5(7)8-4-3-6;1-3(5(8)9)2-4(6)7;1-2(3)4/h2H,1,3-4H2;1-2H2,(H,6,7)(H,8,9);1H2. The van der Waals surface area contributed by atoms with E-state index in [9.17, 15) is 14.4 Å². The molecule has 0 aromatic rings. The summed E-state index contributed by atoms with van der Waals surface area (Å²) in [7, 11) is 0. The summed E-state index contributed by atoms with van der Waals surface area (Å²) in [6.45, 7) is 9.55. The van der Waals surface area contributed by atoms with Crippen molar-refractivity contribution in [1.29, 1.82) is 0 Å². The van der Waals surface area contributed by atoms with Crippen LogP contribution in [0.4, 0.5) is 0 Å². The van der Waals surface area contributed by atoms with Crippen molar-refractivity contribution in [1.82, 2.24) is 0 Å². The summed E-state index contributed by atoms with van der Waals surface area (Å²) in [4.78, 5) is 29.8. The second-order valence-corrected chi connectivity index (χ2v) is 4.36. The third-order valence-electron chi connectivity index (χ3n) is 1.16. The van der Waals surface area contributed by atoms with Crippen LogP contribution >= 0.6 is 34.8 Å². The maximum absolute atomic E-state index is 10.2. The molecule has 0 saturated carbocycles. The van der Waals surface area contributed by atoms with Crippen molar-refractivity contribution < 1.29 is 29.3 Å². The number of carboxylic acids is 2. The molecule has 0 spiro atoms. The number of carbonyl (C=O) groups excluding carboxylic acids is 1. The predicted molar refractivity (Wildman–Crippen MR) is 81.8 cm³/mol. The first-order chi connectivity index (χ1) is 9.58. The molecule has 0 fully saturated rings. The van der Waals surface area contributed by atoms with Crippen molar-refractivity contribution in [2.45, 2.75) is 6.42 Å². The lowest BCUT2D eigenvalue weighted by Gasteiger charge is -1.93. The lowest BCUT2D eigenvalue weighted by molar-refractivity contribution is -0.139. The van der Waals surface area contributed by atoms with Gasteiger partial charge in [0.25, 0.3) is 0 Å². The highest BCUT2D eigenvalue weighted by atomic mass is 35.5. The van der Waals surface area contributed by atoms with Crippen LogP contribution in [-0.2, 0) is 19.1 Å². The molecule has 0 saturated heterocycles. The SMILES string of the molecule is C=C(CC(=O)O)C(=O)O.C=C(Cl)Cl.C=CC(=O)OCCCl. The van der Waals surface area contributed by atoms with E-state index in [2.05, 4.69) is 24.5 Å². The Morgan fingerprint density at radius 1 is 1.14 bits per heavy atom. The van der Waals surface area contributed by atoms with Crippen LogP contribution in [0.2, 0.25) is 0 Å². The summed E-state index contributed by atoms with van der Waals surface area (Å²) in [5.41, 5.74) is -0.303. The maximum atomic E-state index is 10.2. The Morgan fingerprint density at radius 3 is 1.76 bits per heavy atom. The molecule has 0 radical (unpaired) electrons. The van der Waals surface area contributed by atoms with Gasteiger partial charge in [-0.1, -0.05) is 42.9 Å². The van der Waals surface area contributed by atoms with Gasteiger partial charge in [-0.15, -0.1) is 11.6 Å². The summed E-state index contributed by atoms with van der Waals surface area (Å²) in [6.07, 6.45) is 0.599. The number of aliphatic carboxylic acids is 2. The third kappa shape index (κ3) is 32.2. The van der Waals surface area contributed by atoms with E-state index >= 15 is 0 Å². The molecule has 21 heavy (non-hydrogen) atoms. The van der Waals surface area contributed by atoms with E-state index < -0.39 is 24.3 Å². The van der Waals surface area contributed by atoms with E-state index in [-0.39, 0.29) is 16.7 Å². The first-order valence-electron chi connectivity index (χ1n) is 5.06. The third-order valence-corrected chi connectivity index (χ3v) is 1.31. The summed E-state index contributed by atoms with van der Waals surface area (Å²) >= 11 is 14.9. The van der Waals surface area contributed by atoms with E-state index in [1.165, 1.54) is 0 Å². The molecule has 0 aliphatic heterocycles. The van der Waals surface area contributed by atoms with E-state index in [1.807, 2.05) is 0 Å². The predicted octanol–water partition coefficient (Wildman–Crippen LogP) is 2.99. The van der Waals surface area contributed by atoms with E-state index in [1.54, 1.807) is 0 Å². The zero-order valence-corrected chi connectivity index (χ0v) is 13.2. The number of rotatable bonds is 6. The van der Waals surface area contributed by atoms with Crippen LogP contribution in [0.3, 0.4) is 0 Å². The van der Waals surface area contributed by atoms with Crippen molar-refractivity contribution in [3.63, 3.8) is 0 Å². The molecule has 0 amide bonds. The smallest absolute Gasteiger partial charge is 0.331 e. The molecule has 0 aromatic heterocycles. The highest BCUT2D eigenvalue weighted by Gasteiger charge is 2.07. The van der Waals surface area contributed by atoms with E-state index in [0.717, 1.165) is 6.08 Å². The number of carbonyl (C=O) groups is 3. The highest BCUT2D eigenvalue weighted by Crippen LogP contribution is 1.98. The van der Waals surface area contributed by atoms with E-state index in [4.69, 9.17) is 45.0 Å². The number of carboxylic acid groups (broad SMARTS) is 2. The van der Waals surface area contributed by atoms with Crippen molar-refractivity contribution in [3.8, 4) is 0 Å². The first-order valence-corrected chi connectivity index (χ1v) is 6.35. The summed E-state index contributed by atoms with van der Waals surface area (Å²) in [6, 6.07) is 0. The Labute approximate surface area is 137 Å². The van der Waals surface area contributed by atoms with E-state index in [0.29, 0.717) is 5.88 Å². The van der Waals surface area contributed by atoms with Crippen LogP contribution < -0.4 is 0 Å². The summed E-state index contributed by atoms with van der Waals surface area (Å²) < 4.78 is 4.56. The van der Waals surface area contributed by atoms with Gasteiger partial charge in [0.15, 0.2) is 0 Å². The van der Waals surface area contributed by atoms with Crippen LogP contribution in [0, 0.1) is 0 Å². The molecule has 0 aliphatic rings. The fourth-order valence-electron chi connectivity index (χ4n) is 0.456. The molecule has 120 valence electrons. The van der Waals surface area contributed by atoms with Crippen molar-refractivity contribution in [2.24, 2.45) is 0 Å². The van der Waals surface area contributed by atoms with Crippen LogP contribution in [0.5, 0.6) is 0 Å². The van der Waals surface area contributed by atoms with Gasteiger partial charge in [-0.05, 0) is 0 Å². The Balaban J connectivity index is -0.000000249. The van der Waals surface area contributed by atoms with Crippen molar-refractivity contribution in [3.05, 3.63) is 35.9 Å². The molecule has 0 aliphatic carbocycles. The largest absolute Gasteiger partial charge is 0.481 e. The molecule has 0 aromatic carbocycles. The fraction of sp³-hybridized carbons (Fsp3) is 0.250. The van der Waals surface area contributed by atoms with Crippen molar-refractivity contribution in [2.75, 3.05) is 12.5 Å². The summed E-state index contributed by atoms with van der Waals surface area (Å²) in [5.74, 6) is -2.54. The maximum Gasteiger partial charge on any atom is 0.331 e. The molecule has 0 rings (SSSR count). The van der Waals surface area contributed by atoms with Gasteiger partial charge in [0.2, 0.25) is 0 Å². The van der Waals surface area contributed by atoms with Crippen LogP contribution in [0.1, 0.15) is 6.42 Å². The zero-order chi connectivity index (χ0) is 17.4.